The zero-order chi connectivity index (χ0) is 15.6. The minimum Gasteiger partial charge on any atom is -0.437 e. The molecule has 0 saturated heterocycles. The van der Waals surface area contributed by atoms with Crippen molar-refractivity contribution in [2.75, 3.05) is 0 Å². The van der Waals surface area contributed by atoms with Gasteiger partial charge in [-0.3, -0.25) is 0 Å². The van der Waals surface area contributed by atoms with Crippen molar-refractivity contribution in [3.05, 3.63) is 72.2 Å². The molecule has 0 unspecified atom stereocenters. The molecule has 112 valence electrons. The fraction of sp³-hybridized carbons (Fsp3) is 0.100. The lowest BCUT2D eigenvalue weighted by Gasteiger charge is -2.02. The summed E-state index contributed by atoms with van der Waals surface area (Å²) in [6.07, 6.45) is 3.98. The third-order valence-electron chi connectivity index (χ3n) is 4.00. The maximum atomic E-state index is 5.74. The van der Waals surface area contributed by atoms with Gasteiger partial charge in [-0.15, -0.1) is 0 Å². The third kappa shape index (κ3) is 2.50. The second kappa shape index (κ2) is 5.69. The molecule has 0 radical (unpaired) electrons. The average molecular weight is 301 g/mol. The van der Waals surface area contributed by atoms with Crippen LogP contribution in [0.4, 0.5) is 0 Å². The van der Waals surface area contributed by atoms with E-state index in [4.69, 9.17) is 4.42 Å². The second-order valence-electron chi connectivity index (χ2n) is 5.41. The van der Waals surface area contributed by atoms with Gasteiger partial charge in [0.1, 0.15) is 12.1 Å². The highest BCUT2D eigenvalue weighted by Crippen LogP contribution is 2.17. The molecule has 0 saturated carbocycles. The van der Waals surface area contributed by atoms with E-state index in [1.54, 1.807) is 0 Å². The van der Waals surface area contributed by atoms with Crippen LogP contribution in [0.2, 0.25) is 0 Å². The first-order chi connectivity index (χ1) is 11.3. The van der Waals surface area contributed by atoms with Gasteiger partial charge in [-0.05, 0) is 31.2 Å². The molecule has 23 heavy (non-hydrogen) atoms. The molecule has 2 aromatic heterocycles. The number of aromatic nitrogens is 2. The number of benzene rings is 2. The van der Waals surface area contributed by atoms with Crippen molar-refractivity contribution in [1.29, 1.82) is 0 Å². The monoisotopic (exact) mass is 301 g/mol. The van der Waals surface area contributed by atoms with E-state index in [9.17, 15) is 0 Å². The number of hydrogen-bond acceptors (Lipinski definition) is 2. The maximum absolute atomic E-state index is 5.74. The minimum absolute atomic E-state index is 0.627. The van der Waals surface area contributed by atoms with E-state index in [0.717, 1.165) is 23.3 Å². The Bertz CT molecular complexity index is 981. The number of hydrogen-bond donors (Lipinski definition) is 0. The highest BCUT2D eigenvalue weighted by Gasteiger charge is 2.11. The minimum atomic E-state index is 0.627. The van der Waals surface area contributed by atoms with Crippen molar-refractivity contribution in [2.45, 2.75) is 13.5 Å². The molecular formula is C20H17N2O+. The van der Waals surface area contributed by atoms with Gasteiger partial charge in [0, 0.05) is 29.7 Å². The molecule has 2 aromatic carbocycles. The predicted octanol–water partition coefficient (Wildman–Crippen LogP) is 4.46. The van der Waals surface area contributed by atoms with Crippen LogP contribution in [0, 0.1) is 0 Å². The van der Waals surface area contributed by atoms with Gasteiger partial charge in [0.05, 0.1) is 0 Å². The molecule has 4 aromatic rings. The van der Waals surface area contributed by atoms with Gasteiger partial charge in [0.15, 0.2) is 5.58 Å². The molecule has 0 atom stereocenters. The quantitative estimate of drug-likeness (QED) is 0.523. The molecule has 0 bridgehead atoms. The van der Waals surface area contributed by atoms with Crippen LogP contribution in [0.15, 0.2) is 65.1 Å². The molecule has 0 aliphatic carbocycles. The number of pyridine rings is 1. The number of aryl methyl sites for hydroxylation is 1. The summed E-state index contributed by atoms with van der Waals surface area (Å²) in [5, 5.41) is 1.24. The van der Waals surface area contributed by atoms with Crippen LogP contribution >= 0.6 is 0 Å². The molecule has 2 heterocycles. The van der Waals surface area contributed by atoms with Crippen LogP contribution in [0.1, 0.15) is 18.5 Å². The summed E-state index contributed by atoms with van der Waals surface area (Å²) >= 11 is 0. The van der Waals surface area contributed by atoms with Crippen LogP contribution in [0.5, 0.6) is 0 Å². The van der Waals surface area contributed by atoms with Gasteiger partial charge in [-0.25, -0.2) is 4.98 Å². The van der Waals surface area contributed by atoms with E-state index in [-0.39, 0.29) is 0 Å². The molecule has 0 amide bonds. The molecule has 0 aliphatic heterocycles. The zero-order valence-corrected chi connectivity index (χ0v) is 12.9. The Balaban J connectivity index is 1.76. The van der Waals surface area contributed by atoms with Crippen molar-refractivity contribution in [3.63, 3.8) is 0 Å². The van der Waals surface area contributed by atoms with Crippen LogP contribution in [0.25, 0.3) is 34.2 Å². The summed E-state index contributed by atoms with van der Waals surface area (Å²) in [7, 11) is 0. The first kappa shape index (κ1) is 13.7. The lowest BCUT2D eigenvalue weighted by Crippen LogP contribution is -2.36. The average Bonchev–Trinajstić information content (AvgIpc) is 3.02. The molecule has 3 nitrogen and oxygen atoms in total. The fourth-order valence-corrected chi connectivity index (χ4v) is 2.89. The van der Waals surface area contributed by atoms with Gasteiger partial charge in [-0.2, -0.15) is 4.57 Å². The lowest BCUT2D eigenvalue weighted by molar-refractivity contribution is -0.669. The molecule has 0 N–H and O–H groups in total. The van der Waals surface area contributed by atoms with Crippen LogP contribution < -0.4 is 4.57 Å². The summed E-state index contributed by atoms with van der Waals surface area (Å²) in [4.78, 5) is 4.48. The zero-order valence-electron chi connectivity index (χ0n) is 12.9. The highest BCUT2D eigenvalue weighted by molar-refractivity contribution is 5.78. The SMILES string of the molecule is CC[n+]1c(C=Cc2nc3ccccc3o2)ccc2ccccc21. The van der Waals surface area contributed by atoms with Gasteiger partial charge in [-0.1, -0.05) is 24.3 Å². The predicted molar refractivity (Wildman–Crippen MR) is 92.8 cm³/mol. The van der Waals surface area contributed by atoms with E-state index in [1.165, 1.54) is 10.9 Å². The van der Waals surface area contributed by atoms with Crippen molar-refractivity contribution < 1.29 is 8.98 Å². The van der Waals surface area contributed by atoms with E-state index in [1.807, 2.05) is 30.3 Å². The van der Waals surface area contributed by atoms with Crippen LogP contribution in [-0.2, 0) is 6.54 Å². The smallest absolute Gasteiger partial charge is 0.220 e. The van der Waals surface area contributed by atoms with E-state index in [2.05, 4.69) is 58.9 Å². The number of nitrogens with zero attached hydrogens (tertiary/aromatic N) is 2. The standard InChI is InChI=1S/C20H17N2O/c1-2-22-16(12-11-15-7-3-5-9-18(15)22)13-14-20-21-17-8-4-6-10-19(17)23-20/h3-14H,2H2,1H3/q+1. The molecule has 0 aliphatic rings. The number of oxazole rings is 1. The second-order valence-corrected chi connectivity index (χ2v) is 5.41. The van der Waals surface area contributed by atoms with Crippen LogP contribution in [-0.4, -0.2) is 4.98 Å². The number of para-hydroxylation sites is 3. The summed E-state index contributed by atoms with van der Waals surface area (Å²) in [5.74, 6) is 0.627. The number of rotatable bonds is 3. The largest absolute Gasteiger partial charge is 0.437 e. The first-order valence-corrected chi connectivity index (χ1v) is 7.80. The van der Waals surface area contributed by atoms with Crippen molar-refractivity contribution in [2.24, 2.45) is 0 Å². The summed E-state index contributed by atoms with van der Waals surface area (Å²) in [6, 6.07) is 20.5. The maximum Gasteiger partial charge on any atom is 0.220 e. The Hall–Kier alpha value is -2.94. The van der Waals surface area contributed by atoms with Crippen molar-refractivity contribution >= 4 is 34.2 Å². The molecule has 0 fully saturated rings. The molecule has 3 heteroatoms. The summed E-state index contributed by atoms with van der Waals surface area (Å²) in [6.45, 7) is 3.07. The first-order valence-electron chi connectivity index (χ1n) is 7.80. The molecule has 4 rings (SSSR count). The molecular weight excluding hydrogens is 284 g/mol. The van der Waals surface area contributed by atoms with Crippen LogP contribution in [0.3, 0.4) is 0 Å². The molecule has 0 spiro atoms. The fourth-order valence-electron chi connectivity index (χ4n) is 2.89. The van der Waals surface area contributed by atoms with Crippen molar-refractivity contribution in [3.8, 4) is 0 Å². The lowest BCUT2D eigenvalue weighted by atomic mass is 10.2. The Kier molecular flexibility index (Phi) is 3.39. The topological polar surface area (TPSA) is 29.9 Å². The van der Waals surface area contributed by atoms with Gasteiger partial charge >= 0.3 is 0 Å². The van der Waals surface area contributed by atoms with Gasteiger partial charge < -0.3 is 4.42 Å². The summed E-state index contributed by atoms with van der Waals surface area (Å²) in [5.41, 5.74) is 4.06. The van der Waals surface area contributed by atoms with E-state index in [0.29, 0.717) is 5.89 Å². The Morgan fingerprint density at radius 2 is 1.78 bits per heavy atom. The highest BCUT2D eigenvalue weighted by atomic mass is 16.3. The van der Waals surface area contributed by atoms with E-state index < -0.39 is 0 Å². The van der Waals surface area contributed by atoms with Gasteiger partial charge in [0.2, 0.25) is 17.1 Å². The normalized spacial score (nSPS) is 11.7. The Morgan fingerprint density at radius 3 is 2.65 bits per heavy atom. The van der Waals surface area contributed by atoms with E-state index >= 15 is 0 Å². The van der Waals surface area contributed by atoms with Gasteiger partial charge in [0.25, 0.3) is 0 Å². The Morgan fingerprint density at radius 1 is 0.957 bits per heavy atom. The third-order valence-corrected chi connectivity index (χ3v) is 4.00. The van der Waals surface area contributed by atoms with Crippen molar-refractivity contribution in [1.82, 2.24) is 4.98 Å². The summed E-state index contributed by atoms with van der Waals surface area (Å²) < 4.78 is 8.03. The number of fused-ring (bicyclic) bond motifs is 2. The Labute approximate surface area is 134 Å².